The third kappa shape index (κ3) is 1.97. The van der Waals surface area contributed by atoms with Gasteiger partial charge in [0.25, 0.3) is 0 Å². The second-order valence-electron chi connectivity index (χ2n) is 3.45. The van der Waals surface area contributed by atoms with E-state index in [4.69, 9.17) is 0 Å². The molecule has 5 heteroatoms. The lowest BCUT2D eigenvalue weighted by molar-refractivity contribution is -0.133. The van der Waals surface area contributed by atoms with Crippen LogP contribution in [0.2, 0.25) is 0 Å². The number of amides is 3. The number of likely N-dealkylation sites (N-methyl/N-ethyl adjacent to an activating group) is 1. The lowest BCUT2D eigenvalue weighted by Gasteiger charge is -2.26. The van der Waals surface area contributed by atoms with Gasteiger partial charge in [-0.2, -0.15) is 0 Å². The van der Waals surface area contributed by atoms with Crippen LogP contribution in [0.25, 0.3) is 0 Å². The van der Waals surface area contributed by atoms with E-state index in [9.17, 15) is 9.59 Å². The SMILES string of the molecule is CCN(C)C(=O)C(C)N1CCNC1=O. The van der Waals surface area contributed by atoms with Crippen LogP contribution < -0.4 is 5.32 Å². The Morgan fingerprint density at radius 1 is 1.71 bits per heavy atom. The Bertz CT molecular complexity index is 242. The Morgan fingerprint density at radius 2 is 2.36 bits per heavy atom. The molecular weight excluding hydrogens is 182 g/mol. The van der Waals surface area contributed by atoms with E-state index in [1.165, 1.54) is 0 Å². The van der Waals surface area contributed by atoms with Crippen LogP contribution in [0.4, 0.5) is 4.79 Å². The second-order valence-corrected chi connectivity index (χ2v) is 3.45. The summed E-state index contributed by atoms with van der Waals surface area (Å²) in [4.78, 5) is 26.2. The van der Waals surface area contributed by atoms with Gasteiger partial charge in [-0.3, -0.25) is 4.79 Å². The summed E-state index contributed by atoms with van der Waals surface area (Å²) in [5, 5.41) is 2.68. The molecule has 1 atom stereocenters. The maximum absolute atomic E-state index is 11.7. The Balaban J connectivity index is 2.60. The predicted molar refractivity (Wildman–Crippen MR) is 52.9 cm³/mol. The molecule has 0 saturated carbocycles. The second kappa shape index (κ2) is 4.30. The van der Waals surface area contributed by atoms with Gasteiger partial charge in [-0.05, 0) is 13.8 Å². The number of hydrogen-bond donors (Lipinski definition) is 1. The smallest absolute Gasteiger partial charge is 0.318 e. The highest BCUT2D eigenvalue weighted by molar-refractivity contribution is 5.87. The van der Waals surface area contributed by atoms with Crippen LogP contribution in [0.5, 0.6) is 0 Å². The molecule has 0 aromatic rings. The molecule has 1 aliphatic rings. The molecule has 0 aromatic carbocycles. The van der Waals surface area contributed by atoms with Gasteiger partial charge in [-0.15, -0.1) is 0 Å². The van der Waals surface area contributed by atoms with Gasteiger partial charge in [0.05, 0.1) is 0 Å². The molecule has 0 bridgehead atoms. The van der Waals surface area contributed by atoms with E-state index >= 15 is 0 Å². The summed E-state index contributed by atoms with van der Waals surface area (Å²) in [6.07, 6.45) is 0. The van der Waals surface area contributed by atoms with Crippen LogP contribution in [0.3, 0.4) is 0 Å². The van der Waals surface area contributed by atoms with E-state index in [2.05, 4.69) is 5.32 Å². The minimum absolute atomic E-state index is 0.00968. The lowest BCUT2D eigenvalue weighted by Crippen LogP contribution is -2.47. The number of nitrogens with zero attached hydrogens (tertiary/aromatic N) is 2. The van der Waals surface area contributed by atoms with Gasteiger partial charge >= 0.3 is 6.03 Å². The molecule has 1 N–H and O–H groups in total. The molecule has 1 aliphatic heterocycles. The van der Waals surface area contributed by atoms with Crippen LogP contribution in [-0.2, 0) is 4.79 Å². The Morgan fingerprint density at radius 3 is 2.79 bits per heavy atom. The highest BCUT2D eigenvalue weighted by Gasteiger charge is 2.30. The summed E-state index contributed by atoms with van der Waals surface area (Å²) in [6, 6.07) is -0.502. The first-order valence-electron chi connectivity index (χ1n) is 4.87. The van der Waals surface area contributed by atoms with E-state index in [0.717, 1.165) is 0 Å². The first-order valence-corrected chi connectivity index (χ1v) is 4.87. The maximum atomic E-state index is 11.7. The van der Waals surface area contributed by atoms with Gasteiger partial charge < -0.3 is 15.1 Å². The molecule has 5 nitrogen and oxygen atoms in total. The van der Waals surface area contributed by atoms with Crippen molar-refractivity contribution >= 4 is 11.9 Å². The zero-order valence-corrected chi connectivity index (χ0v) is 8.91. The molecule has 1 rings (SSSR count). The monoisotopic (exact) mass is 199 g/mol. The van der Waals surface area contributed by atoms with E-state index in [1.54, 1.807) is 23.8 Å². The summed E-state index contributed by atoms with van der Waals surface area (Å²) < 4.78 is 0. The molecule has 1 saturated heterocycles. The molecule has 3 amide bonds. The van der Waals surface area contributed by atoms with Gasteiger partial charge in [0.1, 0.15) is 6.04 Å². The number of nitrogens with one attached hydrogen (secondary N) is 1. The van der Waals surface area contributed by atoms with E-state index in [1.807, 2.05) is 6.92 Å². The van der Waals surface area contributed by atoms with Crippen molar-refractivity contribution in [3.05, 3.63) is 0 Å². The molecule has 14 heavy (non-hydrogen) atoms. The topological polar surface area (TPSA) is 52.7 Å². The molecule has 80 valence electrons. The average Bonchev–Trinajstić information content (AvgIpc) is 2.61. The van der Waals surface area contributed by atoms with Crippen molar-refractivity contribution in [1.29, 1.82) is 0 Å². The molecular formula is C9H17N3O2. The minimum Gasteiger partial charge on any atom is -0.344 e. The van der Waals surface area contributed by atoms with Crippen molar-refractivity contribution in [2.24, 2.45) is 0 Å². The Kier molecular flexibility index (Phi) is 3.33. The van der Waals surface area contributed by atoms with E-state index < -0.39 is 0 Å². The van der Waals surface area contributed by atoms with Crippen molar-refractivity contribution in [3.8, 4) is 0 Å². The first-order chi connectivity index (χ1) is 6.57. The van der Waals surface area contributed by atoms with Crippen LogP contribution in [-0.4, -0.2) is 54.5 Å². The lowest BCUT2D eigenvalue weighted by atomic mass is 10.2. The van der Waals surface area contributed by atoms with E-state index in [0.29, 0.717) is 19.6 Å². The predicted octanol–water partition coefficient (Wildman–Crippen LogP) is -0.122. The number of rotatable bonds is 3. The number of urea groups is 1. The van der Waals surface area contributed by atoms with Gasteiger partial charge in [-0.1, -0.05) is 0 Å². The summed E-state index contributed by atoms with van der Waals surface area (Å²) in [5.41, 5.74) is 0. The standard InChI is InChI=1S/C9H17N3O2/c1-4-11(3)8(13)7(2)12-6-5-10-9(12)14/h7H,4-6H2,1-3H3,(H,10,14). The average molecular weight is 199 g/mol. The van der Waals surface area contributed by atoms with Crippen molar-refractivity contribution < 1.29 is 9.59 Å². The molecule has 1 unspecified atom stereocenters. The van der Waals surface area contributed by atoms with Gasteiger partial charge in [0, 0.05) is 26.7 Å². The van der Waals surface area contributed by atoms with Crippen molar-refractivity contribution in [2.45, 2.75) is 19.9 Å². The number of hydrogen-bond acceptors (Lipinski definition) is 2. The number of carbonyl (C=O) groups excluding carboxylic acids is 2. The Hall–Kier alpha value is -1.26. The zero-order chi connectivity index (χ0) is 10.7. The third-order valence-electron chi connectivity index (χ3n) is 2.57. The molecule has 0 aromatic heterocycles. The molecule has 1 fully saturated rings. The fraction of sp³-hybridized carbons (Fsp3) is 0.778. The zero-order valence-electron chi connectivity index (χ0n) is 8.91. The van der Waals surface area contributed by atoms with Crippen LogP contribution >= 0.6 is 0 Å². The summed E-state index contributed by atoms with van der Waals surface area (Å²) in [7, 11) is 1.74. The van der Waals surface area contributed by atoms with Crippen LogP contribution in [0.15, 0.2) is 0 Å². The first kappa shape index (κ1) is 10.8. The van der Waals surface area contributed by atoms with Gasteiger partial charge in [-0.25, -0.2) is 4.79 Å². The molecule has 1 heterocycles. The van der Waals surface area contributed by atoms with Crippen molar-refractivity contribution in [3.63, 3.8) is 0 Å². The maximum Gasteiger partial charge on any atom is 0.318 e. The Labute approximate surface area is 84.0 Å². The largest absolute Gasteiger partial charge is 0.344 e. The quantitative estimate of drug-likeness (QED) is 0.689. The van der Waals surface area contributed by atoms with Crippen molar-refractivity contribution in [1.82, 2.24) is 15.1 Å². The van der Waals surface area contributed by atoms with Crippen molar-refractivity contribution in [2.75, 3.05) is 26.7 Å². The molecule has 0 spiro atoms. The molecule has 0 radical (unpaired) electrons. The summed E-state index contributed by atoms with van der Waals surface area (Å²) in [5.74, 6) is -0.00968. The third-order valence-corrected chi connectivity index (χ3v) is 2.57. The highest BCUT2D eigenvalue weighted by atomic mass is 16.2. The number of carbonyl (C=O) groups is 2. The van der Waals surface area contributed by atoms with E-state index in [-0.39, 0.29) is 18.0 Å². The van der Waals surface area contributed by atoms with Gasteiger partial charge in [0.15, 0.2) is 0 Å². The summed E-state index contributed by atoms with van der Waals surface area (Å²) in [6.45, 7) is 5.59. The fourth-order valence-electron chi connectivity index (χ4n) is 1.46. The fourth-order valence-corrected chi connectivity index (χ4v) is 1.46. The molecule has 0 aliphatic carbocycles. The van der Waals surface area contributed by atoms with Gasteiger partial charge in [0.2, 0.25) is 5.91 Å². The van der Waals surface area contributed by atoms with Crippen LogP contribution in [0.1, 0.15) is 13.8 Å². The van der Waals surface area contributed by atoms with Crippen LogP contribution in [0, 0.1) is 0 Å². The summed E-state index contributed by atoms with van der Waals surface area (Å²) >= 11 is 0. The highest BCUT2D eigenvalue weighted by Crippen LogP contribution is 2.06. The minimum atomic E-state index is -0.359. The normalized spacial score (nSPS) is 17.9.